The van der Waals surface area contributed by atoms with Crippen LogP contribution in [0.5, 0.6) is 0 Å². The predicted octanol–water partition coefficient (Wildman–Crippen LogP) is 3.52. The molecule has 12 heavy (non-hydrogen) atoms. The lowest BCUT2D eigenvalue weighted by Gasteiger charge is -1.97. The van der Waals surface area contributed by atoms with Crippen molar-refractivity contribution in [1.82, 2.24) is 0 Å². The molecule has 0 nitrogen and oxygen atoms in total. The van der Waals surface area contributed by atoms with Gasteiger partial charge in [0.1, 0.15) is 0 Å². The van der Waals surface area contributed by atoms with Gasteiger partial charge in [0, 0.05) is 10.3 Å². The second kappa shape index (κ2) is 3.11. The number of aryl methyl sites for hydroxylation is 1. The highest BCUT2D eigenvalue weighted by molar-refractivity contribution is 7.13. The summed E-state index contributed by atoms with van der Waals surface area (Å²) in [6.07, 6.45) is 0. The van der Waals surface area contributed by atoms with E-state index in [1.165, 1.54) is 16.0 Å². The summed E-state index contributed by atoms with van der Waals surface area (Å²) in [6.45, 7) is 2.11. The second-order valence-electron chi connectivity index (χ2n) is 2.79. The normalized spacial score (nSPS) is 10.1. The van der Waals surface area contributed by atoms with E-state index >= 15 is 0 Å². The Morgan fingerprint density at radius 3 is 2.83 bits per heavy atom. The van der Waals surface area contributed by atoms with Crippen LogP contribution in [0.1, 0.15) is 5.56 Å². The average molecular weight is 173 g/mol. The minimum absolute atomic E-state index is 1.29. The maximum atomic E-state index is 3.09. The van der Waals surface area contributed by atoms with E-state index in [-0.39, 0.29) is 0 Å². The molecule has 1 heterocycles. The highest BCUT2D eigenvalue weighted by Crippen LogP contribution is 2.24. The Bertz CT molecular complexity index is 360. The molecule has 2 aromatic rings. The van der Waals surface area contributed by atoms with Crippen LogP contribution in [0.4, 0.5) is 0 Å². The van der Waals surface area contributed by atoms with E-state index in [0.717, 1.165) is 0 Å². The van der Waals surface area contributed by atoms with E-state index in [1.807, 2.05) is 6.07 Å². The first-order valence-electron chi connectivity index (χ1n) is 3.89. The zero-order valence-electron chi connectivity index (χ0n) is 6.87. The van der Waals surface area contributed by atoms with Crippen LogP contribution in [-0.2, 0) is 0 Å². The van der Waals surface area contributed by atoms with Crippen LogP contribution < -0.4 is 0 Å². The summed E-state index contributed by atoms with van der Waals surface area (Å²) in [7, 11) is 0. The predicted molar refractivity (Wildman–Crippen MR) is 53.3 cm³/mol. The second-order valence-corrected chi connectivity index (χ2v) is 3.67. The average Bonchev–Trinajstić information content (AvgIpc) is 2.56. The Morgan fingerprint density at radius 1 is 1.25 bits per heavy atom. The molecular formula is C11H9S. The first-order valence-corrected chi connectivity index (χ1v) is 4.71. The van der Waals surface area contributed by atoms with Gasteiger partial charge >= 0.3 is 0 Å². The van der Waals surface area contributed by atoms with Crippen LogP contribution in [0.15, 0.2) is 36.4 Å². The Labute approximate surface area is 76.5 Å². The molecule has 0 saturated carbocycles. The Hall–Kier alpha value is -1.08. The third-order valence-electron chi connectivity index (χ3n) is 1.77. The first kappa shape index (κ1) is 7.56. The van der Waals surface area contributed by atoms with Gasteiger partial charge in [-0.3, -0.25) is 0 Å². The van der Waals surface area contributed by atoms with Crippen molar-refractivity contribution in [2.24, 2.45) is 0 Å². The third-order valence-corrected chi connectivity index (χ3v) is 2.62. The molecule has 2 rings (SSSR count). The molecule has 0 saturated heterocycles. The fraction of sp³-hybridized carbons (Fsp3) is 0.0909. The zero-order valence-corrected chi connectivity index (χ0v) is 7.69. The molecule has 0 aliphatic rings. The van der Waals surface area contributed by atoms with Gasteiger partial charge in [0.15, 0.2) is 0 Å². The molecule has 0 unspecified atom stereocenters. The van der Waals surface area contributed by atoms with Gasteiger partial charge < -0.3 is 0 Å². The summed E-state index contributed by atoms with van der Waals surface area (Å²) in [4.78, 5) is 1.29. The summed E-state index contributed by atoms with van der Waals surface area (Å²) in [6, 6.07) is 12.6. The lowest BCUT2D eigenvalue weighted by molar-refractivity contribution is 1.48. The van der Waals surface area contributed by atoms with Crippen molar-refractivity contribution in [3.05, 3.63) is 47.3 Å². The largest absolute Gasteiger partial charge is 0.134 e. The number of hydrogen-bond acceptors (Lipinski definition) is 1. The molecule has 1 aromatic heterocycles. The van der Waals surface area contributed by atoms with E-state index < -0.39 is 0 Å². The van der Waals surface area contributed by atoms with Crippen LogP contribution in [-0.4, -0.2) is 0 Å². The minimum atomic E-state index is 1.29. The molecule has 1 heteroatoms. The Morgan fingerprint density at radius 2 is 2.17 bits per heavy atom. The lowest BCUT2D eigenvalue weighted by atomic mass is 10.1. The van der Waals surface area contributed by atoms with Gasteiger partial charge in [-0.25, -0.2) is 0 Å². The highest BCUT2D eigenvalue weighted by Gasteiger charge is 1.96. The van der Waals surface area contributed by atoms with E-state index in [9.17, 15) is 0 Å². The molecule has 59 valence electrons. The molecule has 0 atom stereocenters. The quantitative estimate of drug-likeness (QED) is 0.619. The van der Waals surface area contributed by atoms with Gasteiger partial charge in [0.05, 0.1) is 0 Å². The minimum Gasteiger partial charge on any atom is -0.134 e. The summed E-state index contributed by atoms with van der Waals surface area (Å²) >= 11 is 1.66. The maximum absolute atomic E-state index is 3.09. The summed E-state index contributed by atoms with van der Waals surface area (Å²) in [5.74, 6) is 0. The lowest BCUT2D eigenvalue weighted by Crippen LogP contribution is -1.73. The van der Waals surface area contributed by atoms with Crippen LogP contribution in [0.3, 0.4) is 0 Å². The fourth-order valence-electron chi connectivity index (χ4n) is 1.19. The number of thiophene rings is 1. The molecule has 0 bridgehead atoms. The topological polar surface area (TPSA) is 0 Å². The third kappa shape index (κ3) is 1.41. The SMILES string of the molecule is Cc1cccc(-c2cc[c]s2)c1. The molecular weight excluding hydrogens is 164 g/mol. The molecule has 1 aromatic carbocycles. The first-order chi connectivity index (χ1) is 5.86. The summed E-state index contributed by atoms with van der Waals surface area (Å²) in [5.41, 5.74) is 2.60. The smallest absolute Gasteiger partial charge is 0.0449 e. The monoisotopic (exact) mass is 173 g/mol. The van der Waals surface area contributed by atoms with Crippen molar-refractivity contribution in [2.75, 3.05) is 0 Å². The molecule has 0 N–H and O–H groups in total. The van der Waals surface area contributed by atoms with Gasteiger partial charge in [-0.1, -0.05) is 29.8 Å². The molecule has 0 amide bonds. The zero-order chi connectivity index (χ0) is 8.39. The highest BCUT2D eigenvalue weighted by atomic mass is 32.1. The summed E-state index contributed by atoms with van der Waals surface area (Å²) in [5, 5.41) is 3.09. The van der Waals surface area contributed by atoms with E-state index in [2.05, 4.69) is 42.6 Å². The number of benzene rings is 1. The van der Waals surface area contributed by atoms with Gasteiger partial charge in [0.25, 0.3) is 0 Å². The van der Waals surface area contributed by atoms with E-state index in [0.29, 0.717) is 0 Å². The summed E-state index contributed by atoms with van der Waals surface area (Å²) < 4.78 is 0. The standard InChI is InChI=1S/C11H9S/c1-9-4-2-5-10(8-9)11-6-3-7-12-11/h2-6,8H,1H3. The van der Waals surface area contributed by atoms with Crippen molar-refractivity contribution in [1.29, 1.82) is 0 Å². The van der Waals surface area contributed by atoms with Crippen LogP contribution in [0.25, 0.3) is 10.4 Å². The molecule has 0 aliphatic heterocycles. The Balaban J connectivity index is 2.48. The van der Waals surface area contributed by atoms with Gasteiger partial charge in [-0.05, 0) is 24.6 Å². The maximum Gasteiger partial charge on any atom is 0.0449 e. The molecule has 0 aliphatic carbocycles. The van der Waals surface area contributed by atoms with Crippen molar-refractivity contribution >= 4 is 11.3 Å². The van der Waals surface area contributed by atoms with Crippen LogP contribution in [0.2, 0.25) is 0 Å². The van der Waals surface area contributed by atoms with Crippen LogP contribution in [0, 0.1) is 12.3 Å². The van der Waals surface area contributed by atoms with Crippen molar-refractivity contribution < 1.29 is 0 Å². The molecule has 0 spiro atoms. The molecule has 1 radical (unpaired) electrons. The van der Waals surface area contributed by atoms with E-state index in [4.69, 9.17) is 0 Å². The number of hydrogen-bond donors (Lipinski definition) is 0. The fourth-order valence-corrected chi connectivity index (χ4v) is 1.84. The van der Waals surface area contributed by atoms with Crippen LogP contribution >= 0.6 is 11.3 Å². The van der Waals surface area contributed by atoms with Gasteiger partial charge in [0.2, 0.25) is 0 Å². The van der Waals surface area contributed by atoms with Gasteiger partial charge in [-0.15, -0.1) is 11.3 Å². The van der Waals surface area contributed by atoms with Crippen molar-refractivity contribution in [3.8, 4) is 10.4 Å². The van der Waals surface area contributed by atoms with Gasteiger partial charge in [-0.2, -0.15) is 0 Å². The van der Waals surface area contributed by atoms with Crippen molar-refractivity contribution in [3.63, 3.8) is 0 Å². The van der Waals surface area contributed by atoms with Crippen molar-refractivity contribution in [2.45, 2.75) is 6.92 Å². The van der Waals surface area contributed by atoms with E-state index in [1.54, 1.807) is 11.3 Å². The Kier molecular flexibility index (Phi) is 1.96. The number of rotatable bonds is 1. The molecule has 0 fully saturated rings.